The molecule has 3 N–H and O–H groups in total. The smallest absolute Gasteiger partial charge is 0.321 e. The molecule has 118 valence electrons. The highest BCUT2D eigenvalue weighted by Gasteiger charge is 2.05. The van der Waals surface area contributed by atoms with Crippen molar-refractivity contribution in [3.8, 4) is 0 Å². The van der Waals surface area contributed by atoms with E-state index in [1.54, 1.807) is 14.1 Å². The fraction of sp³-hybridized carbons (Fsp3) is 0.429. The van der Waals surface area contributed by atoms with Crippen molar-refractivity contribution in [3.05, 3.63) is 29.8 Å². The molecule has 7 heteroatoms. The number of nitrogens with zero attached hydrogens (tertiary/aromatic N) is 1. The second-order valence-corrected chi connectivity index (χ2v) is 4.66. The molecule has 0 bridgehead atoms. The highest BCUT2D eigenvalue weighted by atomic mass is 35.5. The van der Waals surface area contributed by atoms with Crippen LogP contribution in [0.1, 0.15) is 12.0 Å². The van der Waals surface area contributed by atoms with Crippen molar-refractivity contribution in [1.29, 1.82) is 0 Å². The molecular weight excluding hydrogens is 292 g/mol. The normalized spacial score (nSPS) is 9.48. The van der Waals surface area contributed by atoms with Crippen LogP contribution in [-0.4, -0.2) is 44.5 Å². The lowest BCUT2D eigenvalue weighted by Crippen LogP contribution is -2.27. The molecule has 0 unspecified atom stereocenters. The topological polar surface area (TPSA) is 73.5 Å². The number of carbonyl (C=O) groups is 2. The Bertz CT molecular complexity index is 466. The van der Waals surface area contributed by atoms with Crippen LogP contribution in [0.3, 0.4) is 0 Å². The van der Waals surface area contributed by atoms with Crippen LogP contribution in [0.25, 0.3) is 0 Å². The van der Waals surface area contributed by atoms with E-state index in [0.717, 1.165) is 5.56 Å². The molecule has 3 amide bonds. The van der Waals surface area contributed by atoms with Gasteiger partial charge in [0, 0.05) is 39.3 Å². The van der Waals surface area contributed by atoms with Crippen LogP contribution in [-0.2, 0) is 11.3 Å². The highest BCUT2D eigenvalue weighted by molar-refractivity contribution is 5.89. The van der Waals surface area contributed by atoms with E-state index in [0.29, 0.717) is 25.2 Å². The van der Waals surface area contributed by atoms with Crippen molar-refractivity contribution in [2.24, 2.45) is 0 Å². The maximum Gasteiger partial charge on any atom is 0.321 e. The zero-order valence-electron chi connectivity index (χ0n) is 12.6. The van der Waals surface area contributed by atoms with Gasteiger partial charge in [0.25, 0.3) is 0 Å². The van der Waals surface area contributed by atoms with Crippen molar-refractivity contribution < 1.29 is 9.59 Å². The predicted molar refractivity (Wildman–Crippen MR) is 86.8 cm³/mol. The molecule has 1 aromatic rings. The van der Waals surface area contributed by atoms with Gasteiger partial charge in [-0.15, -0.1) is 12.4 Å². The largest absolute Gasteiger partial charge is 0.352 e. The highest BCUT2D eigenvalue weighted by Crippen LogP contribution is 2.11. The van der Waals surface area contributed by atoms with Gasteiger partial charge in [0.1, 0.15) is 0 Å². The number of urea groups is 1. The number of hydrogen-bond acceptors (Lipinski definition) is 3. The van der Waals surface area contributed by atoms with Crippen LogP contribution >= 0.6 is 12.4 Å². The van der Waals surface area contributed by atoms with E-state index in [2.05, 4.69) is 16.0 Å². The van der Waals surface area contributed by atoms with E-state index in [1.807, 2.05) is 31.3 Å². The second kappa shape index (κ2) is 10.0. The Balaban J connectivity index is 0.00000400. The first-order valence-electron chi connectivity index (χ1n) is 6.51. The van der Waals surface area contributed by atoms with Gasteiger partial charge in [0.2, 0.25) is 5.91 Å². The van der Waals surface area contributed by atoms with Gasteiger partial charge in [-0.25, -0.2) is 4.79 Å². The molecule has 1 rings (SSSR count). The summed E-state index contributed by atoms with van der Waals surface area (Å²) in [5.41, 5.74) is 1.66. The third kappa shape index (κ3) is 7.53. The summed E-state index contributed by atoms with van der Waals surface area (Å²) in [5.74, 6) is 0.00193. The molecule has 0 aromatic heterocycles. The van der Waals surface area contributed by atoms with Crippen molar-refractivity contribution in [1.82, 2.24) is 15.5 Å². The molecule has 0 atom stereocenters. The van der Waals surface area contributed by atoms with Crippen LogP contribution < -0.4 is 16.0 Å². The molecule has 1 aromatic carbocycles. The number of carbonyl (C=O) groups excluding carboxylic acids is 2. The Morgan fingerprint density at radius 1 is 1.24 bits per heavy atom. The first-order valence-corrected chi connectivity index (χ1v) is 6.51. The third-order valence-corrected chi connectivity index (χ3v) is 2.68. The number of halogens is 1. The van der Waals surface area contributed by atoms with Gasteiger partial charge in [0.05, 0.1) is 0 Å². The zero-order valence-corrected chi connectivity index (χ0v) is 13.4. The average Bonchev–Trinajstić information content (AvgIpc) is 2.43. The van der Waals surface area contributed by atoms with Gasteiger partial charge in [-0.05, 0) is 24.7 Å². The molecule has 0 saturated carbocycles. The minimum atomic E-state index is -0.180. The lowest BCUT2D eigenvalue weighted by atomic mass is 10.2. The average molecular weight is 315 g/mol. The maximum atomic E-state index is 11.5. The Kier molecular flexibility index (Phi) is 9.16. The second-order valence-electron chi connectivity index (χ2n) is 4.66. The van der Waals surface area contributed by atoms with Crippen LogP contribution in [0.15, 0.2) is 24.3 Å². The van der Waals surface area contributed by atoms with Crippen molar-refractivity contribution in [2.75, 3.05) is 33.0 Å². The minimum absolute atomic E-state index is 0. The van der Waals surface area contributed by atoms with Gasteiger partial charge < -0.3 is 20.9 Å². The Morgan fingerprint density at radius 3 is 2.57 bits per heavy atom. The summed E-state index contributed by atoms with van der Waals surface area (Å²) in [6.45, 7) is 1.11. The Hall–Kier alpha value is -1.79. The number of rotatable bonds is 6. The summed E-state index contributed by atoms with van der Waals surface area (Å²) < 4.78 is 0. The van der Waals surface area contributed by atoms with E-state index >= 15 is 0 Å². The molecule has 0 heterocycles. The standard InChI is InChI=1S/C14H22N4O2.ClH/c1-15-8-7-13(19)16-10-11-5-4-6-12(9-11)17-14(20)18(2)3;/h4-6,9,15H,7-8,10H2,1-3H3,(H,16,19)(H,17,20);1H. The summed E-state index contributed by atoms with van der Waals surface area (Å²) in [6, 6.07) is 7.23. The number of anilines is 1. The van der Waals surface area contributed by atoms with Gasteiger partial charge in [0.15, 0.2) is 0 Å². The monoisotopic (exact) mass is 314 g/mol. The summed E-state index contributed by atoms with van der Waals surface area (Å²) in [4.78, 5) is 24.5. The summed E-state index contributed by atoms with van der Waals surface area (Å²) in [6.07, 6.45) is 0.452. The van der Waals surface area contributed by atoms with Crippen LogP contribution in [0.5, 0.6) is 0 Å². The van der Waals surface area contributed by atoms with E-state index < -0.39 is 0 Å². The van der Waals surface area contributed by atoms with E-state index in [-0.39, 0.29) is 24.3 Å². The van der Waals surface area contributed by atoms with Crippen molar-refractivity contribution >= 4 is 30.0 Å². The van der Waals surface area contributed by atoms with Crippen LogP contribution in [0.4, 0.5) is 10.5 Å². The molecule has 0 spiro atoms. The Labute approximate surface area is 131 Å². The molecule has 0 aliphatic carbocycles. The van der Waals surface area contributed by atoms with Gasteiger partial charge in [-0.3, -0.25) is 4.79 Å². The fourth-order valence-electron chi connectivity index (χ4n) is 1.52. The molecular formula is C14H23ClN4O2. The summed E-state index contributed by atoms with van der Waals surface area (Å²) >= 11 is 0. The first-order chi connectivity index (χ1) is 9.52. The fourth-order valence-corrected chi connectivity index (χ4v) is 1.52. The van der Waals surface area contributed by atoms with Crippen LogP contribution in [0.2, 0.25) is 0 Å². The number of hydrogen-bond donors (Lipinski definition) is 3. The molecule has 6 nitrogen and oxygen atoms in total. The molecule has 0 saturated heterocycles. The number of amides is 3. The minimum Gasteiger partial charge on any atom is -0.352 e. The van der Waals surface area contributed by atoms with E-state index in [4.69, 9.17) is 0 Å². The summed E-state index contributed by atoms with van der Waals surface area (Å²) in [5, 5.41) is 8.53. The summed E-state index contributed by atoms with van der Waals surface area (Å²) in [7, 11) is 5.17. The van der Waals surface area contributed by atoms with E-state index in [1.165, 1.54) is 4.90 Å². The molecule has 0 fully saturated rings. The Morgan fingerprint density at radius 2 is 1.95 bits per heavy atom. The lowest BCUT2D eigenvalue weighted by Gasteiger charge is -2.13. The third-order valence-electron chi connectivity index (χ3n) is 2.68. The number of nitrogens with one attached hydrogen (secondary N) is 3. The quantitative estimate of drug-likeness (QED) is 0.743. The molecule has 0 radical (unpaired) electrons. The molecule has 0 aliphatic rings. The lowest BCUT2D eigenvalue weighted by molar-refractivity contribution is -0.121. The SMILES string of the molecule is CNCCC(=O)NCc1cccc(NC(=O)N(C)C)c1.Cl. The van der Waals surface area contributed by atoms with Crippen molar-refractivity contribution in [3.63, 3.8) is 0 Å². The molecule has 21 heavy (non-hydrogen) atoms. The zero-order chi connectivity index (χ0) is 15.0. The number of benzene rings is 1. The van der Waals surface area contributed by atoms with Crippen LogP contribution in [0, 0.1) is 0 Å². The van der Waals surface area contributed by atoms with Gasteiger partial charge in [-0.2, -0.15) is 0 Å². The van der Waals surface area contributed by atoms with E-state index in [9.17, 15) is 9.59 Å². The van der Waals surface area contributed by atoms with Gasteiger partial charge in [-0.1, -0.05) is 12.1 Å². The molecule has 0 aliphatic heterocycles. The predicted octanol–water partition coefficient (Wildman–Crippen LogP) is 1.43. The van der Waals surface area contributed by atoms with Crippen molar-refractivity contribution in [2.45, 2.75) is 13.0 Å². The van der Waals surface area contributed by atoms with Gasteiger partial charge >= 0.3 is 6.03 Å². The first kappa shape index (κ1) is 19.2. The maximum absolute atomic E-state index is 11.5.